The van der Waals surface area contributed by atoms with E-state index in [-0.39, 0.29) is 11.8 Å². The first-order chi connectivity index (χ1) is 11.1. The molecule has 0 bridgehead atoms. The fourth-order valence-corrected chi connectivity index (χ4v) is 2.68. The zero-order valence-corrected chi connectivity index (χ0v) is 14.0. The highest BCUT2D eigenvalue weighted by Gasteiger charge is 2.19. The van der Waals surface area contributed by atoms with Crippen LogP contribution >= 0.6 is 0 Å². The molecule has 0 aliphatic carbocycles. The van der Waals surface area contributed by atoms with Crippen molar-refractivity contribution in [1.82, 2.24) is 15.2 Å². The summed E-state index contributed by atoms with van der Waals surface area (Å²) in [5.41, 5.74) is 1.53. The van der Waals surface area contributed by atoms with Crippen LogP contribution < -0.4 is 10.2 Å². The van der Waals surface area contributed by atoms with E-state index in [1.54, 1.807) is 19.3 Å². The second-order valence-corrected chi connectivity index (χ2v) is 5.89. The maximum atomic E-state index is 12.2. The largest absolute Gasteiger partial charge is 0.367 e. The molecule has 1 fully saturated rings. The molecule has 23 heavy (non-hydrogen) atoms. The zero-order valence-electron chi connectivity index (χ0n) is 14.0. The Balaban J connectivity index is 1.92. The van der Waals surface area contributed by atoms with Crippen LogP contribution in [0.15, 0.2) is 18.5 Å². The monoisotopic (exact) mass is 318 g/mol. The lowest BCUT2D eigenvalue weighted by atomic mass is 10.2. The number of rotatable bonds is 6. The molecule has 0 unspecified atom stereocenters. The van der Waals surface area contributed by atoms with Crippen LogP contribution in [-0.2, 0) is 4.79 Å². The molecule has 2 rings (SSSR count). The van der Waals surface area contributed by atoms with Crippen LogP contribution in [0.1, 0.15) is 43.5 Å². The number of hydrogen-bond donors (Lipinski definition) is 1. The van der Waals surface area contributed by atoms with Gasteiger partial charge in [0.2, 0.25) is 5.91 Å². The summed E-state index contributed by atoms with van der Waals surface area (Å²) in [6.07, 6.45) is 6.64. The van der Waals surface area contributed by atoms with Gasteiger partial charge < -0.3 is 15.1 Å². The molecule has 0 atom stereocenters. The first kappa shape index (κ1) is 17.2. The van der Waals surface area contributed by atoms with Crippen LogP contribution in [0.3, 0.4) is 0 Å². The Morgan fingerprint density at radius 1 is 1.17 bits per heavy atom. The SMILES string of the molecule is CCCCCNC(=O)c1cncc(N2CCN(C(C)=O)CC2)c1. The Hall–Kier alpha value is -2.11. The lowest BCUT2D eigenvalue weighted by Gasteiger charge is -2.35. The summed E-state index contributed by atoms with van der Waals surface area (Å²) < 4.78 is 0. The minimum atomic E-state index is -0.0715. The number of unbranched alkanes of at least 4 members (excludes halogenated alkanes) is 2. The van der Waals surface area contributed by atoms with Crippen molar-refractivity contribution in [2.75, 3.05) is 37.6 Å². The fourth-order valence-electron chi connectivity index (χ4n) is 2.68. The van der Waals surface area contributed by atoms with E-state index in [4.69, 9.17) is 0 Å². The van der Waals surface area contributed by atoms with Crippen molar-refractivity contribution in [1.29, 1.82) is 0 Å². The Bertz CT molecular complexity index is 539. The third-order valence-electron chi connectivity index (χ3n) is 4.14. The second-order valence-electron chi connectivity index (χ2n) is 5.89. The molecule has 1 saturated heterocycles. The number of nitrogens with one attached hydrogen (secondary N) is 1. The lowest BCUT2D eigenvalue weighted by Crippen LogP contribution is -2.48. The highest BCUT2D eigenvalue weighted by molar-refractivity contribution is 5.94. The summed E-state index contributed by atoms with van der Waals surface area (Å²) in [5, 5.41) is 2.94. The molecule has 1 aromatic heterocycles. The first-order valence-electron chi connectivity index (χ1n) is 8.35. The van der Waals surface area contributed by atoms with Crippen LogP contribution in [0.2, 0.25) is 0 Å². The van der Waals surface area contributed by atoms with Crippen molar-refractivity contribution in [2.24, 2.45) is 0 Å². The highest BCUT2D eigenvalue weighted by Crippen LogP contribution is 2.17. The lowest BCUT2D eigenvalue weighted by molar-refractivity contribution is -0.129. The van der Waals surface area contributed by atoms with Crippen molar-refractivity contribution in [3.63, 3.8) is 0 Å². The first-order valence-corrected chi connectivity index (χ1v) is 8.35. The molecule has 0 radical (unpaired) electrons. The van der Waals surface area contributed by atoms with Crippen molar-refractivity contribution < 1.29 is 9.59 Å². The van der Waals surface area contributed by atoms with Gasteiger partial charge >= 0.3 is 0 Å². The van der Waals surface area contributed by atoms with Crippen LogP contribution in [0.5, 0.6) is 0 Å². The summed E-state index contributed by atoms with van der Waals surface area (Å²) in [6, 6.07) is 1.88. The van der Waals surface area contributed by atoms with E-state index in [0.717, 1.165) is 38.0 Å². The van der Waals surface area contributed by atoms with Gasteiger partial charge in [-0.1, -0.05) is 19.8 Å². The fraction of sp³-hybridized carbons (Fsp3) is 0.588. The minimum Gasteiger partial charge on any atom is -0.367 e. The molecule has 0 aromatic carbocycles. The molecular weight excluding hydrogens is 292 g/mol. The zero-order chi connectivity index (χ0) is 16.7. The van der Waals surface area contributed by atoms with Gasteiger partial charge in [-0.05, 0) is 12.5 Å². The number of anilines is 1. The van der Waals surface area contributed by atoms with Crippen LogP contribution in [-0.4, -0.2) is 54.4 Å². The minimum absolute atomic E-state index is 0.0715. The maximum absolute atomic E-state index is 12.2. The van der Waals surface area contributed by atoms with Crippen LogP contribution in [0.25, 0.3) is 0 Å². The van der Waals surface area contributed by atoms with Gasteiger partial charge in [-0.25, -0.2) is 0 Å². The van der Waals surface area contributed by atoms with E-state index in [1.807, 2.05) is 11.0 Å². The Morgan fingerprint density at radius 3 is 2.57 bits per heavy atom. The molecule has 2 amide bonds. The Labute approximate surface area is 137 Å². The third-order valence-corrected chi connectivity index (χ3v) is 4.14. The number of pyridine rings is 1. The van der Waals surface area contributed by atoms with Crippen LogP contribution in [0.4, 0.5) is 5.69 Å². The van der Waals surface area contributed by atoms with E-state index in [1.165, 1.54) is 0 Å². The van der Waals surface area contributed by atoms with Gasteiger partial charge in [0.25, 0.3) is 5.91 Å². The normalized spacial score (nSPS) is 14.7. The molecule has 6 heteroatoms. The van der Waals surface area contributed by atoms with E-state index in [0.29, 0.717) is 25.2 Å². The van der Waals surface area contributed by atoms with Crippen molar-refractivity contribution in [3.8, 4) is 0 Å². The van der Waals surface area contributed by atoms with Gasteiger partial charge in [0, 0.05) is 45.8 Å². The van der Waals surface area contributed by atoms with E-state index in [2.05, 4.69) is 22.1 Å². The number of carbonyl (C=O) groups is 2. The van der Waals surface area contributed by atoms with Gasteiger partial charge in [0.15, 0.2) is 0 Å². The number of hydrogen-bond acceptors (Lipinski definition) is 4. The van der Waals surface area contributed by atoms with E-state index in [9.17, 15) is 9.59 Å². The Morgan fingerprint density at radius 2 is 1.91 bits per heavy atom. The predicted molar refractivity (Wildman–Crippen MR) is 90.6 cm³/mol. The van der Waals surface area contributed by atoms with Crippen molar-refractivity contribution in [3.05, 3.63) is 24.0 Å². The highest BCUT2D eigenvalue weighted by atomic mass is 16.2. The average molecular weight is 318 g/mol. The standard InChI is InChI=1S/C17H26N4O2/c1-3-4-5-6-19-17(23)15-11-16(13-18-12-15)21-9-7-20(8-10-21)14(2)22/h11-13H,3-10H2,1-2H3,(H,19,23). The summed E-state index contributed by atoms with van der Waals surface area (Å²) in [6.45, 7) is 7.40. The number of amides is 2. The summed E-state index contributed by atoms with van der Waals surface area (Å²) >= 11 is 0. The molecule has 1 N–H and O–H groups in total. The molecular formula is C17H26N4O2. The summed E-state index contributed by atoms with van der Waals surface area (Å²) in [5.74, 6) is 0.0424. The molecule has 6 nitrogen and oxygen atoms in total. The number of aromatic nitrogens is 1. The van der Waals surface area contributed by atoms with E-state index >= 15 is 0 Å². The number of carbonyl (C=O) groups excluding carboxylic acids is 2. The maximum Gasteiger partial charge on any atom is 0.252 e. The predicted octanol–water partition coefficient (Wildman–Crippen LogP) is 1.67. The average Bonchev–Trinajstić information content (AvgIpc) is 2.59. The van der Waals surface area contributed by atoms with Gasteiger partial charge in [-0.15, -0.1) is 0 Å². The summed E-state index contributed by atoms with van der Waals surface area (Å²) in [7, 11) is 0. The topological polar surface area (TPSA) is 65.5 Å². The summed E-state index contributed by atoms with van der Waals surface area (Å²) in [4.78, 5) is 31.7. The van der Waals surface area contributed by atoms with Gasteiger partial charge in [0.1, 0.15) is 0 Å². The van der Waals surface area contributed by atoms with Gasteiger partial charge in [-0.3, -0.25) is 14.6 Å². The second kappa shape index (κ2) is 8.50. The molecule has 126 valence electrons. The quantitative estimate of drug-likeness (QED) is 0.810. The third kappa shape index (κ3) is 4.94. The molecule has 2 heterocycles. The molecule has 1 aromatic rings. The Kier molecular flexibility index (Phi) is 6.38. The molecule has 1 aliphatic heterocycles. The van der Waals surface area contributed by atoms with Crippen molar-refractivity contribution in [2.45, 2.75) is 33.1 Å². The number of piperazine rings is 1. The van der Waals surface area contributed by atoms with Gasteiger partial charge in [-0.2, -0.15) is 0 Å². The molecule has 0 saturated carbocycles. The molecule has 1 aliphatic rings. The van der Waals surface area contributed by atoms with Crippen LogP contribution in [0, 0.1) is 0 Å². The number of nitrogens with zero attached hydrogens (tertiary/aromatic N) is 3. The van der Waals surface area contributed by atoms with Gasteiger partial charge in [0.05, 0.1) is 17.4 Å². The molecule has 0 spiro atoms. The smallest absolute Gasteiger partial charge is 0.252 e. The van der Waals surface area contributed by atoms with E-state index < -0.39 is 0 Å². The van der Waals surface area contributed by atoms with Crippen molar-refractivity contribution >= 4 is 17.5 Å².